The van der Waals surface area contributed by atoms with Gasteiger partial charge in [0, 0.05) is 6.42 Å². The maximum atomic E-state index is 11.8. The molecule has 0 saturated heterocycles. The standard InChI is InChI=1S/C31H58O8/c1-2-3-4-5-6-7-8-9-10-11-12-13-14-15-16-17-18-19-20-21-22-23-30(36)38-25-27(32)26-39-31(37)28(33)24-29(34)35/h27-28,32-33H,2-26H2,1H3,(H,34,35). The van der Waals surface area contributed by atoms with E-state index in [0.717, 1.165) is 19.3 Å². The van der Waals surface area contributed by atoms with Crippen LogP contribution in [0.4, 0.5) is 0 Å². The smallest absolute Gasteiger partial charge is 0.335 e. The average molecular weight is 559 g/mol. The number of carbonyl (C=O) groups is 3. The molecule has 0 aliphatic carbocycles. The summed E-state index contributed by atoms with van der Waals surface area (Å²) in [5.41, 5.74) is 0. The topological polar surface area (TPSA) is 130 Å². The van der Waals surface area contributed by atoms with Crippen LogP contribution in [-0.2, 0) is 23.9 Å². The van der Waals surface area contributed by atoms with Crippen LogP contribution >= 0.6 is 0 Å². The van der Waals surface area contributed by atoms with Crippen LogP contribution in [0.5, 0.6) is 0 Å². The molecule has 0 rings (SSSR count). The second-order valence-electron chi connectivity index (χ2n) is 10.9. The van der Waals surface area contributed by atoms with Gasteiger partial charge in [0.1, 0.15) is 19.3 Å². The molecular weight excluding hydrogens is 500 g/mol. The Bertz CT molecular complexity index is 595. The minimum absolute atomic E-state index is 0.281. The minimum Gasteiger partial charge on any atom is -0.481 e. The Morgan fingerprint density at radius 3 is 1.31 bits per heavy atom. The highest BCUT2D eigenvalue weighted by atomic mass is 16.6. The van der Waals surface area contributed by atoms with E-state index in [9.17, 15) is 24.6 Å². The van der Waals surface area contributed by atoms with E-state index < -0.39 is 43.1 Å². The van der Waals surface area contributed by atoms with Gasteiger partial charge in [-0.15, -0.1) is 0 Å². The van der Waals surface area contributed by atoms with Crippen molar-refractivity contribution >= 4 is 17.9 Å². The fraction of sp³-hybridized carbons (Fsp3) is 0.903. The summed E-state index contributed by atoms with van der Waals surface area (Å²) in [5.74, 6) is -2.89. The lowest BCUT2D eigenvalue weighted by molar-refractivity contribution is -0.162. The Labute approximate surface area is 237 Å². The molecule has 0 aromatic heterocycles. The van der Waals surface area contributed by atoms with Crippen LogP contribution in [0.3, 0.4) is 0 Å². The first-order valence-corrected chi connectivity index (χ1v) is 15.8. The number of unbranched alkanes of at least 4 members (excludes halogenated alkanes) is 20. The number of aliphatic carboxylic acids is 1. The quantitative estimate of drug-likeness (QED) is 0.0669. The van der Waals surface area contributed by atoms with Crippen LogP contribution in [0.1, 0.15) is 155 Å². The van der Waals surface area contributed by atoms with E-state index >= 15 is 0 Å². The Hall–Kier alpha value is -1.67. The average Bonchev–Trinajstić information content (AvgIpc) is 2.90. The predicted octanol–water partition coefficient (Wildman–Crippen LogP) is 6.87. The minimum atomic E-state index is -1.79. The molecule has 0 fully saturated rings. The zero-order valence-electron chi connectivity index (χ0n) is 24.7. The highest BCUT2D eigenvalue weighted by Crippen LogP contribution is 2.15. The van der Waals surface area contributed by atoms with Crippen molar-refractivity contribution < 1.29 is 39.2 Å². The van der Waals surface area contributed by atoms with Gasteiger partial charge in [0.15, 0.2) is 6.10 Å². The molecule has 0 aromatic carbocycles. The van der Waals surface area contributed by atoms with Gasteiger partial charge in [-0.05, 0) is 6.42 Å². The van der Waals surface area contributed by atoms with Crippen LogP contribution in [0.25, 0.3) is 0 Å². The zero-order valence-corrected chi connectivity index (χ0v) is 24.7. The summed E-state index contributed by atoms with van der Waals surface area (Å²) in [4.78, 5) is 33.6. The third-order valence-electron chi connectivity index (χ3n) is 6.98. The van der Waals surface area contributed by atoms with Crippen molar-refractivity contribution in [3.8, 4) is 0 Å². The molecule has 0 aliphatic rings. The number of carboxylic acids is 1. The maximum absolute atomic E-state index is 11.8. The van der Waals surface area contributed by atoms with Crippen LogP contribution in [0, 0.1) is 0 Å². The third-order valence-corrected chi connectivity index (χ3v) is 6.98. The molecule has 0 spiro atoms. The highest BCUT2D eigenvalue weighted by molar-refractivity contribution is 5.80. The molecule has 0 saturated carbocycles. The van der Waals surface area contributed by atoms with Crippen LogP contribution in [0.2, 0.25) is 0 Å². The molecule has 2 unspecified atom stereocenters. The van der Waals surface area contributed by atoms with Gasteiger partial charge in [-0.1, -0.05) is 135 Å². The number of hydrogen-bond acceptors (Lipinski definition) is 7. The third kappa shape index (κ3) is 27.7. The number of hydrogen-bond donors (Lipinski definition) is 3. The highest BCUT2D eigenvalue weighted by Gasteiger charge is 2.21. The lowest BCUT2D eigenvalue weighted by atomic mass is 10.0. The molecule has 3 N–H and O–H groups in total. The first-order chi connectivity index (χ1) is 18.9. The molecule has 0 heterocycles. The van der Waals surface area contributed by atoms with Gasteiger partial charge in [0.25, 0.3) is 0 Å². The lowest BCUT2D eigenvalue weighted by Gasteiger charge is -2.13. The monoisotopic (exact) mass is 558 g/mol. The number of aliphatic hydroxyl groups excluding tert-OH is 2. The fourth-order valence-corrected chi connectivity index (χ4v) is 4.53. The van der Waals surface area contributed by atoms with Gasteiger partial charge in [-0.25, -0.2) is 4.79 Å². The van der Waals surface area contributed by atoms with Gasteiger partial charge >= 0.3 is 17.9 Å². The summed E-state index contributed by atoms with van der Waals surface area (Å²) < 4.78 is 9.58. The van der Waals surface area contributed by atoms with E-state index in [4.69, 9.17) is 9.84 Å². The zero-order chi connectivity index (χ0) is 29.0. The van der Waals surface area contributed by atoms with Gasteiger partial charge in [-0.2, -0.15) is 0 Å². The Morgan fingerprint density at radius 1 is 0.564 bits per heavy atom. The molecule has 2 atom stereocenters. The number of rotatable bonds is 29. The summed E-state index contributed by atoms with van der Waals surface area (Å²) in [5, 5.41) is 27.5. The van der Waals surface area contributed by atoms with E-state index in [0.29, 0.717) is 0 Å². The number of carboxylic acid groups (broad SMARTS) is 1. The fourth-order valence-electron chi connectivity index (χ4n) is 4.53. The van der Waals surface area contributed by atoms with Crippen molar-refractivity contribution in [1.82, 2.24) is 0 Å². The van der Waals surface area contributed by atoms with Gasteiger partial charge < -0.3 is 24.8 Å². The van der Waals surface area contributed by atoms with Gasteiger partial charge in [0.05, 0.1) is 6.42 Å². The normalized spacial score (nSPS) is 12.7. The Balaban J connectivity index is 3.35. The molecule has 0 bridgehead atoms. The van der Waals surface area contributed by atoms with Crippen LogP contribution in [0.15, 0.2) is 0 Å². The van der Waals surface area contributed by atoms with Crippen molar-refractivity contribution in [2.75, 3.05) is 13.2 Å². The van der Waals surface area contributed by atoms with Crippen LogP contribution in [-0.4, -0.2) is 58.6 Å². The maximum Gasteiger partial charge on any atom is 0.335 e. The molecule has 0 radical (unpaired) electrons. The van der Waals surface area contributed by atoms with E-state index in [1.54, 1.807) is 0 Å². The molecular formula is C31H58O8. The molecule has 8 nitrogen and oxygen atoms in total. The number of aliphatic hydroxyl groups is 2. The summed E-state index contributed by atoms with van der Waals surface area (Å²) in [6.07, 6.45) is 23.9. The van der Waals surface area contributed by atoms with Crippen molar-refractivity contribution in [3.05, 3.63) is 0 Å². The van der Waals surface area contributed by atoms with Gasteiger partial charge in [-0.3, -0.25) is 9.59 Å². The van der Waals surface area contributed by atoms with Crippen LogP contribution < -0.4 is 0 Å². The van der Waals surface area contributed by atoms with E-state index in [1.807, 2.05) is 0 Å². The Kier molecular flexibility index (Phi) is 26.7. The predicted molar refractivity (Wildman–Crippen MR) is 153 cm³/mol. The summed E-state index contributed by atoms with van der Waals surface area (Å²) in [6.45, 7) is 1.47. The van der Waals surface area contributed by atoms with E-state index in [1.165, 1.54) is 116 Å². The molecule has 0 aromatic rings. The molecule has 0 aliphatic heterocycles. The van der Waals surface area contributed by atoms with Gasteiger partial charge in [0.2, 0.25) is 0 Å². The SMILES string of the molecule is CCCCCCCCCCCCCCCCCCCCCCCC(=O)OCC(O)COC(=O)C(O)CC(=O)O. The first kappa shape index (κ1) is 37.3. The summed E-state index contributed by atoms with van der Waals surface area (Å²) in [6, 6.07) is 0. The van der Waals surface area contributed by atoms with Crippen molar-refractivity contribution in [2.24, 2.45) is 0 Å². The first-order valence-electron chi connectivity index (χ1n) is 15.8. The summed E-state index contributed by atoms with van der Waals surface area (Å²) >= 11 is 0. The van der Waals surface area contributed by atoms with Crippen molar-refractivity contribution in [3.63, 3.8) is 0 Å². The Morgan fingerprint density at radius 2 is 0.923 bits per heavy atom. The molecule has 8 heteroatoms. The van der Waals surface area contributed by atoms with Crippen molar-refractivity contribution in [2.45, 2.75) is 167 Å². The number of carbonyl (C=O) groups excluding carboxylic acids is 2. The largest absolute Gasteiger partial charge is 0.481 e. The number of ether oxygens (including phenoxy) is 2. The van der Waals surface area contributed by atoms with E-state index in [-0.39, 0.29) is 13.0 Å². The van der Waals surface area contributed by atoms with Crippen molar-refractivity contribution in [1.29, 1.82) is 0 Å². The second-order valence-corrected chi connectivity index (χ2v) is 10.9. The molecule has 0 amide bonds. The number of esters is 2. The molecule has 39 heavy (non-hydrogen) atoms. The lowest BCUT2D eigenvalue weighted by Crippen LogP contribution is -2.31. The molecule has 230 valence electrons. The summed E-state index contributed by atoms with van der Waals surface area (Å²) in [7, 11) is 0. The second kappa shape index (κ2) is 27.9. The van der Waals surface area contributed by atoms with E-state index in [2.05, 4.69) is 11.7 Å².